The Hall–Kier alpha value is -3.81. The molecule has 0 saturated heterocycles. The van der Waals surface area contributed by atoms with Crippen molar-refractivity contribution >= 4 is 0 Å². The smallest absolute Gasteiger partial charge is 0.379 e. The summed E-state index contributed by atoms with van der Waals surface area (Å²) in [6, 6.07) is 0. The minimum Gasteiger partial charge on any atom is -0.390 e. The van der Waals surface area contributed by atoms with Gasteiger partial charge in [-0.3, -0.25) is 0 Å². The van der Waals surface area contributed by atoms with Gasteiger partial charge < -0.3 is 29.5 Å². The van der Waals surface area contributed by atoms with Gasteiger partial charge in [-0.1, -0.05) is 0 Å². The predicted octanol–water partition coefficient (Wildman–Crippen LogP) is 13.4. The predicted molar refractivity (Wildman–Crippen MR) is 185 cm³/mol. The van der Waals surface area contributed by atoms with E-state index in [0.717, 1.165) is 0 Å². The molecule has 566 valence electrons. The summed E-state index contributed by atoms with van der Waals surface area (Å²) < 4.78 is 799. The Bertz CT molecular complexity index is 2690. The zero-order valence-corrected chi connectivity index (χ0v) is 42.8. The standard InChI is InChI=1S/C40H13F51O6/c41-11-20(50,51)8(21(52,53)12(42,29(11,68)69)31(72,73)13(43,22(8,54)55)30(11,70)71)38(86,87)95-1-4(92)7(5(93)2-96-39(88,89)9-23(56,57)14(44)32(74,75)15(45,24(9,58)59)34(78,79)16(46,25(9,60)61)33(14,76)77)6(94)3-97-40(90,91)10-26(62,63)17(47)35(80,81)18(48,27(10,64)65)37(84,85)19(49,28(10,66)67)36(17,82)83/h4-7,92-94H,1-3H2. The van der Waals surface area contributed by atoms with Gasteiger partial charge >= 0.3 is 176 Å². The molecule has 0 aromatic carbocycles. The zero-order chi connectivity index (χ0) is 77.1. The fourth-order valence-electron chi connectivity index (χ4n) is 15.2. The van der Waals surface area contributed by atoms with Crippen LogP contribution in [0, 0.1) is 22.2 Å². The minimum absolute atomic E-state index is 2.34. The van der Waals surface area contributed by atoms with E-state index in [1.807, 2.05) is 0 Å². The van der Waals surface area contributed by atoms with E-state index in [0.29, 0.717) is 0 Å². The van der Waals surface area contributed by atoms with Gasteiger partial charge in [-0.15, -0.1) is 0 Å². The van der Waals surface area contributed by atoms with E-state index in [4.69, 9.17) is 0 Å². The highest BCUT2D eigenvalue weighted by molar-refractivity contribution is 5.57. The van der Waals surface area contributed by atoms with E-state index >= 15 is 145 Å². The van der Waals surface area contributed by atoms with E-state index < -0.39 is 236 Å². The zero-order valence-electron chi connectivity index (χ0n) is 42.8. The van der Waals surface area contributed by atoms with Crippen molar-refractivity contribution in [2.75, 3.05) is 19.8 Å². The third kappa shape index (κ3) is 5.27. The van der Waals surface area contributed by atoms with Crippen LogP contribution >= 0.6 is 0 Å². The Morgan fingerprint density at radius 3 is 0.371 bits per heavy atom. The van der Waals surface area contributed by atoms with Crippen LogP contribution in [-0.2, 0) is 14.2 Å². The van der Waals surface area contributed by atoms with Crippen molar-refractivity contribution in [2.24, 2.45) is 22.2 Å². The second kappa shape index (κ2) is 17.0. The molecule has 97 heavy (non-hydrogen) atoms. The van der Waals surface area contributed by atoms with Gasteiger partial charge in [0.1, 0.15) is 0 Å². The van der Waals surface area contributed by atoms with Crippen LogP contribution < -0.4 is 0 Å². The summed E-state index contributed by atoms with van der Waals surface area (Å²) in [6.45, 7) is -14.0. The fraction of sp³-hybridized carbons (Fsp3) is 1.00. The van der Waals surface area contributed by atoms with Crippen molar-refractivity contribution in [3.63, 3.8) is 0 Å². The second-order valence-corrected chi connectivity index (χ2v) is 23.3. The Balaban J connectivity index is 1.20. The number of hydrogen-bond donors (Lipinski definition) is 3. The van der Waals surface area contributed by atoms with Gasteiger partial charge in [0.15, 0.2) is 0 Å². The normalized spacial score (nSPS) is 47.7. The van der Waals surface area contributed by atoms with Crippen molar-refractivity contribution in [1.82, 2.24) is 0 Å². The van der Waals surface area contributed by atoms with Gasteiger partial charge in [0.25, 0.3) is 16.2 Å². The lowest BCUT2D eigenvalue weighted by molar-refractivity contribution is -0.641. The first-order valence-electron chi connectivity index (χ1n) is 23.9. The van der Waals surface area contributed by atoms with Crippen LogP contribution in [0.25, 0.3) is 0 Å². The maximum absolute atomic E-state index is 16.1. The molecule has 12 aliphatic rings. The molecule has 6 nitrogen and oxygen atoms in total. The average Bonchev–Trinajstić information content (AvgIpc) is 0.600. The first-order chi connectivity index (χ1) is 41.8. The maximum atomic E-state index is 16.1. The van der Waals surface area contributed by atoms with Gasteiger partial charge in [0.2, 0.25) is 0 Å². The number of hydrogen-bond acceptors (Lipinski definition) is 6. The van der Waals surface area contributed by atoms with Crippen LogP contribution in [-0.4, -0.2) is 229 Å². The van der Waals surface area contributed by atoms with Crippen molar-refractivity contribution in [1.29, 1.82) is 0 Å². The molecule has 0 aromatic rings. The summed E-state index contributed by atoms with van der Waals surface area (Å²) in [7, 11) is 0. The molecule has 0 aromatic heterocycles. The summed E-state index contributed by atoms with van der Waals surface area (Å²) in [6.07, 6.45) is -44.2. The molecule has 12 bridgehead atoms. The van der Waals surface area contributed by atoms with Crippen LogP contribution in [0.5, 0.6) is 0 Å². The third-order valence-corrected chi connectivity index (χ3v) is 19.9. The molecule has 12 aliphatic carbocycles. The summed E-state index contributed by atoms with van der Waals surface area (Å²) in [5.41, 5.74) is -111. The van der Waals surface area contributed by atoms with Crippen LogP contribution in [0.4, 0.5) is 224 Å². The number of alkyl halides is 51. The van der Waals surface area contributed by atoms with Gasteiger partial charge in [-0.25, -0.2) is 119 Å². The monoisotopic (exact) mass is 1560 g/mol. The van der Waals surface area contributed by atoms with Crippen LogP contribution in [0.2, 0.25) is 0 Å². The third-order valence-electron chi connectivity index (χ3n) is 19.9. The molecule has 3 unspecified atom stereocenters. The molecule has 57 heteroatoms. The molecule has 0 amide bonds. The first kappa shape index (κ1) is 77.4. The molecule has 12 fully saturated rings. The number of rotatable bonds is 15. The molecular weight excluding hydrogens is 1550 g/mol. The highest BCUT2D eigenvalue weighted by Crippen LogP contribution is 2.97. The van der Waals surface area contributed by atoms with E-state index in [1.54, 1.807) is 0 Å². The van der Waals surface area contributed by atoms with E-state index in [9.17, 15) is 94.3 Å². The Kier molecular flexibility index (Phi) is 13.6. The average molecular weight is 1560 g/mol. The summed E-state index contributed by atoms with van der Waals surface area (Å²) in [4.78, 5) is 0. The minimum atomic E-state index is -9.53. The fourth-order valence-corrected chi connectivity index (χ4v) is 15.2. The SMILES string of the molecule is OC(COC(F)(F)C12C(F)(F)C3(F)C(F)(F)C(F)(C(F)(F)C(F)(C3(F)F)C1(F)F)C2(F)F)C(C(O)COC(F)(F)C12C(F)(F)C3(F)C(F)(F)C(F)(C(F)(F)C(F)(C3(F)F)C1(F)F)C2(F)F)C(O)COC(F)(F)C12C(F)(F)C3(F)C(F)(F)C(F)(C(F)(F)C(F)(C3(F)F)C1(F)F)C2(F)F. The second-order valence-electron chi connectivity index (χ2n) is 23.3. The van der Waals surface area contributed by atoms with E-state index in [1.165, 1.54) is 0 Å². The van der Waals surface area contributed by atoms with Gasteiger partial charge in [-0.2, -0.15) is 105 Å². The highest BCUT2D eigenvalue weighted by Gasteiger charge is 3.29. The van der Waals surface area contributed by atoms with Gasteiger partial charge in [-0.05, 0) is 0 Å². The molecule has 0 spiro atoms. The van der Waals surface area contributed by atoms with Crippen molar-refractivity contribution in [2.45, 2.75) is 194 Å². The van der Waals surface area contributed by atoms with Gasteiger partial charge in [0, 0.05) is 5.92 Å². The van der Waals surface area contributed by atoms with Crippen LogP contribution in [0.3, 0.4) is 0 Å². The van der Waals surface area contributed by atoms with Crippen molar-refractivity contribution in [3.8, 4) is 0 Å². The van der Waals surface area contributed by atoms with Crippen LogP contribution in [0.15, 0.2) is 0 Å². The first-order valence-corrected chi connectivity index (χ1v) is 23.9. The largest absolute Gasteiger partial charge is 0.390 e. The quantitative estimate of drug-likeness (QED) is 0.142. The Morgan fingerprint density at radius 2 is 0.278 bits per heavy atom. The number of ether oxygens (including phenoxy) is 3. The molecular formula is C40H13F51O6. The van der Waals surface area contributed by atoms with Crippen molar-refractivity contribution < 1.29 is 253 Å². The summed E-state index contributed by atoms with van der Waals surface area (Å²) in [5.74, 6) is -173. The molecule has 12 rings (SSSR count). The molecule has 12 saturated carbocycles. The molecule has 0 heterocycles. The molecule has 3 N–H and O–H groups in total. The van der Waals surface area contributed by atoms with E-state index in [-0.39, 0.29) is 0 Å². The number of aliphatic hydroxyl groups excluding tert-OH is 3. The topological polar surface area (TPSA) is 88.4 Å². The maximum Gasteiger partial charge on any atom is 0.379 e. The Labute approximate surface area is 490 Å². The molecule has 0 radical (unpaired) electrons. The van der Waals surface area contributed by atoms with Gasteiger partial charge in [0.05, 0.1) is 38.1 Å². The highest BCUT2D eigenvalue weighted by atomic mass is 19.4. The summed E-state index contributed by atoms with van der Waals surface area (Å²) in [5, 5.41) is 31.6. The lowest BCUT2D eigenvalue weighted by atomic mass is 9.36. The molecule has 0 aliphatic heterocycles. The Morgan fingerprint density at radius 1 is 0.186 bits per heavy atom. The van der Waals surface area contributed by atoms with Crippen molar-refractivity contribution in [3.05, 3.63) is 0 Å². The lowest BCUT2D eigenvalue weighted by Crippen LogP contribution is -3.09. The van der Waals surface area contributed by atoms with Crippen LogP contribution in [0.1, 0.15) is 0 Å². The van der Waals surface area contributed by atoms with E-state index in [2.05, 4.69) is 14.2 Å². The number of halogens is 51. The lowest BCUT2D eigenvalue weighted by Gasteiger charge is -2.75. The molecule has 3 atom stereocenters. The summed E-state index contributed by atoms with van der Waals surface area (Å²) >= 11 is 0. The number of aliphatic hydroxyl groups is 3.